The molecule has 0 fully saturated rings. The Morgan fingerprint density at radius 3 is 2.74 bits per heavy atom. The van der Waals surface area contributed by atoms with Crippen molar-refractivity contribution in [2.45, 2.75) is 25.4 Å². The van der Waals surface area contributed by atoms with Crippen LogP contribution in [0.15, 0.2) is 41.0 Å². The predicted octanol–water partition coefficient (Wildman–Crippen LogP) is 4.96. The molecule has 0 radical (unpaired) electrons. The number of alkyl halides is 2. The standard InChI is InChI=1S/C21H21BrClF2N3O3/c1-21(24,25)15-9-14(2-3-16(15)22)27-20(31)28-6-4-12(5-7-28)19-17(23)8-13(10-26-19)18(30)11-29/h2-4,8-10,18,29-30H,5-7,11H2,1H3,(H,27,31)/t18-/m1/s1. The number of halogens is 4. The van der Waals surface area contributed by atoms with Crippen molar-refractivity contribution in [2.75, 3.05) is 25.0 Å². The van der Waals surface area contributed by atoms with Gasteiger partial charge in [-0.2, -0.15) is 0 Å². The normalized spacial score (nSPS) is 15.5. The zero-order valence-electron chi connectivity index (χ0n) is 16.6. The van der Waals surface area contributed by atoms with Crippen LogP contribution in [0.1, 0.15) is 36.3 Å². The van der Waals surface area contributed by atoms with Crippen molar-refractivity contribution in [1.29, 1.82) is 0 Å². The van der Waals surface area contributed by atoms with Crippen LogP contribution in [-0.2, 0) is 5.92 Å². The Hall–Kier alpha value is -2.07. The van der Waals surface area contributed by atoms with Crippen LogP contribution in [0.3, 0.4) is 0 Å². The minimum absolute atomic E-state index is 0.207. The van der Waals surface area contributed by atoms with Gasteiger partial charge in [0.2, 0.25) is 0 Å². The summed E-state index contributed by atoms with van der Waals surface area (Å²) in [6.07, 6.45) is 2.73. The predicted molar refractivity (Wildman–Crippen MR) is 118 cm³/mol. The van der Waals surface area contributed by atoms with E-state index in [2.05, 4.69) is 26.2 Å². The highest BCUT2D eigenvalue weighted by atomic mass is 79.9. The Labute approximate surface area is 191 Å². The minimum atomic E-state index is -3.04. The van der Waals surface area contributed by atoms with E-state index in [4.69, 9.17) is 16.7 Å². The van der Waals surface area contributed by atoms with E-state index in [9.17, 15) is 18.7 Å². The van der Waals surface area contributed by atoms with Crippen LogP contribution in [0.2, 0.25) is 5.02 Å². The highest BCUT2D eigenvalue weighted by Crippen LogP contribution is 2.35. The summed E-state index contributed by atoms with van der Waals surface area (Å²) in [6.45, 7) is 1.06. The number of anilines is 1. The Balaban J connectivity index is 1.68. The molecule has 1 atom stereocenters. The first-order valence-electron chi connectivity index (χ1n) is 9.47. The smallest absolute Gasteiger partial charge is 0.322 e. The number of nitrogens with zero attached hydrogens (tertiary/aromatic N) is 2. The zero-order valence-corrected chi connectivity index (χ0v) is 18.9. The first kappa shape index (κ1) is 23.6. The molecule has 1 aliphatic rings. The number of nitrogens with one attached hydrogen (secondary N) is 1. The molecule has 10 heteroatoms. The quantitative estimate of drug-likeness (QED) is 0.525. The molecule has 3 rings (SSSR count). The molecular weight excluding hydrogens is 496 g/mol. The number of aliphatic hydroxyl groups excluding tert-OH is 2. The third kappa shape index (κ3) is 5.60. The zero-order chi connectivity index (χ0) is 22.8. The second-order valence-electron chi connectivity index (χ2n) is 7.24. The number of carbonyl (C=O) groups is 1. The van der Waals surface area contributed by atoms with E-state index >= 15 is 0 Å². The highest BCUT2D eigenvalue weighted by Gasteiger charge is 2.28. The lowest BCUT2D eigenvalue weighted by molar-refractivity contribution is 0.0167. The number of pyridine rings is 1. The third-order valence-electron chi connectivity index (χ3n) is 4.91. The monoisotopic (exact) mass is 515 g/mol. The maximum atomic E-state index is 13.7. The molecule has 2 aromatic rings. The van der Waals surface area contributed by atoms with Crippen molar-refractivity contribution < 1.29 is 23.8 Å². The molecule has 0 saturated carbocycles. The molecule has 3 N–H and O–H groups in total. The van der Waals surface area contributed by atoms with E-state index in [0.29, 0.717) is 35.8 Å². The molecule has 31 heavy (non-hydrogen) atoms. The van der Waals surface area contributed by atoms with E-state index in [1.807, 2.05) is 6.08 Å². The fourth-order valence-electron chi connectivity index (χ4n) is 3.19. The molecule has 0 unspecified atom stereocenters. The Morgan fingerprint density at radius 1 is 1.42 bits per heavy atom. The molecule has 0 saturated heterocycles. The summed E-state index contributed by atoms with van der Waals surface area (Å²) in [5.41, 5.74) is 1.90. The van der Waals surface area contributed by atoms with Gasteiger partial charge in [0, 0.05) is 47.5 Å². The van der Waals surface area contributed by atoms with Gasteiger partial charge in [0.1, 0.15) is 6.10 Å². The average molecular weight is 517 g/mol. The molecule has 6 nitrogen and oxygen atoms in total. The molecular formula is C21H21BrClF2N3O3. The topological polar surface area (TPSA) is 85.7 Å². The van der Waals surface area contributed by atoms with Crippen molar-refractivity contribution in [3.05, 3.63) is 62.9 Å². The lowest BCUT2D eigenvalue weighted by Gasteiger charge is -2.27. The van der Waals surface area contributed by atoms with Crippen molar-refractivity contribution >= 4 is 44.8 Å². The van der Waals surface area contributed by atoms with Gasteiger partial charge in [0.15, 0.2) is 0 Å². The maximum absolute atomic E-state index is 13.7. The van der Waals surface area contributed by atoms with Crippen LogP contribution in [-0.4, -0.2) is 45.8 Å². The summed E-state index contributed by atoms with van der Waals surface area (Å²) >= 11 is 9.39. The first-order chi connectivity index (χ1) is 14.6. The van der Waals surface area contributed by atoms with E-state index < -0.39 is 24.7 Å². The average Bonchev–Trinajstić information content (AvgIpc) is 2.73. The highest BCUT2D eigenvalue weighted by molar-refractivity contribution is 9.10. The van der Waals surface area contributed by atoms with Gasteiger partial charge in [0.05, 0.1) is 17.3 Å². The van der Waals surface area contributed by atoms with Crippen molar-refractivity contribution in [3.8, 4) is 0 Å². The summed E-state index contributed by atoms with van der Waals surface area (Å²) in [4.78, 5) is 18.4. The van der Waals surface area contributed by atoms with Gasteiger partial charge in [0.25, 0.3) is 5.92 Å². The Morgan fingerprint density at radius 2 is 2.16 bits per heavy atom. The molecule has 2 amide bonds. The summed E-state index contributed by atoms with van der Waals surface area (Å²) in [5, 5.41) is 21.7. The summed E-state index contributed by atoms with van der Waals surface area (Å²) in [6, 6.07) is 5.43. The number of carbonyl (C=O) groups excluding carboxylic acids is 1. The Kier molecular flexibility index (Phi) is 7.31. The number of rotatable bonds is 5. The fraction of sp³-hybridized carbons (Fsp3) is 0.333. The SMILES string of the molecule is CC(F)(F)c1cc(NC(=O)N2CC=C(c3ncc([C@H](O)CO)cc3Cl)CC2)ccc1Br. The lowest BCUT2D eigenvalue weighted by Crippen LogP contribution is -2.38. The minimum Gasteiger partial charge on any atom is -0.393 e. The molecule has 1 aromatic carbocycles. The fourth-order valence-corrected chi connectivity index (χ4v) is 4.08. The molecule has 1 aromatic heterocycles. The number of benzene rings is 1. The first-order valence-corrected chi connectivity index (χ1v) is 10.6. The second kappa shape index (κ2) is 9.60. The van der Waals surface area contributed by atoms with E-state index in [1.54, 1.807) is 17.0 Å². The summed E-state index contributed by atoms with van der Waals surface area (Å²) in [7, 11) is 0. The molecule has 1 aliphatic heterocycles. The summed E-state index contributed by atoms with van der Waals surface area (Å²) < 4.78 is 27.7. The third-order valence-corrected chi connectivity index (χ3v) is 5.89. The van der Waals surface area contributed by atoms with Crippen LogP contribution >= 0.6 is 27.5 Å². The van der Waals surface area contributed by atoms with Crippen LogP contribution in [0.25, 0.3) is 5.57 Å². The van der Waals surface area contributed by atoms with Crippen molar-refractivity contribution in [3.63, 3.8) is 0 Å². The molecule has 0 spiro atoms. The lowest BCUT2D eigenvalue weighted by atomic mass is 10.0. The van der Waals surface area contributed by atoms with Crippen LogP contribution in [0.4, 0.5) is 19.3 Å². The van der Waals surface area contributed by atoms with Crippen molar-refractivity contribution in [2.24, 2.45) is 0 Å². The van der Waals surface area contributed by atoms with Gasteiger partial charge in [-0.1, -0.05) is 33.6 Å². The number of hydrogen-bond donors (Lipinski definition) is 3. The van der Waals surface area contributed by atoms with Gasteiger partial charge in [-0.05, 0) is 36.3 Å². The van der Waals surface area contributed by atoms with Crippen LogP contribution in [0.5, 0.6) is 0 Å². The summed E-state index contributed by atoms with van der Waals surface area (Å²) in [5.74, 6) is -3.04. The van der Waals surface area contributed by atoms with Gasteiger partial charge in [-0.3, -0.25) is 4.98 Å². The van der Waals surface area contributed by atoms with E-state index in [0.717, 1.165) is 12.5 Å². The van der Waals surface area contributed by atoms with Crippen molar-refractivity contribution in [1.82, 2.24) is 9.88 Å². The molecule has 0 aliphatic carbocycles. The number of amides is 2. The van der Waals surface area contributed by atoms with Crippen LogP contribution < -0.4 is 5.32 Å². The second-order valence-corrected chi connectivity index (χ2v) is 8.50. The molecule has 2 heterocycles. The number of urea groups is 1. The molecule has 0 bridgehead atoms. The number of aromatic nitrogens is 1. The Bertz CT molecular complexity index is 1010. The van der Waals surface area contributed by atoms with Gasteiger partial charge in [-0.25, -0.2) is 13.6 Å². The van der Waals surface area contributed by atoms with E-state index in [1.165, 1.54) is 18.3 Å². The maximum Gasteiger partial charge on any atom is 0.322 e. The van der Waals surface area contributed by atoms with Gasteiger partial charge >= 0.3 is 6.03 Å². The largest absolute Gasteiger partial charge is 0.393 e. The number of hydrogen-bond acceptors (Lipinski definition) is 4. The van der Waals surface area contributed by atoms with Gasteiger partial charge in [-0.15, -0.1) is 0 Å². The molecule has 166 valence electrons. The van der Waals surface area contributed by atoms with Crippen LogP contribution in [0, 0.1) is 0 Å². The van der Waals surface area contributed by atoms with E-state index in [-0.39, 0.29) is 15.7 Å². The van der Waals surface area contributed by atoms with Gasteiger partial charge < -0.3 is 20.4 Å². The number of aliphatic hydroxyl groups is 2.